The third-order valence-corrected chi connectivity index (χ3v) is 3.72. The number of halogens is 2. The standard InChI is InChI=1S/C15H16F2N4O2/c16-14(17)21-8-6-18-13(21)10-1-3-11(4-2-10)19-15(23)20-7-5-12(22)9-20/h1-4,6,8,12,14,22H,5,7,9H2,(H,19,23). The minimum Gasteiger partial charge on any atom is -0.391 e. The smallest absolute Gasteiger partial charge is 0.321 e. The summed E-state index contributed by atoms with van der Waals surface area (Å²) in [6, 6.07) is 6.21. The number of benzene rings is 1. The van der Waals surface area contributed by atoms with Gasteiger partial charge < -0.3 is 15.3 Å². The van der Waals surface area contributed by atoms with Gasteiger partial charge in [-0.2, -0.15) is 8.78 Å². The fraction of sp³-hybridized carbons (Fsp3) is 0.333. The van der Waals surface area contributed by atoms with E-state index in [4.69, 9.17) is 0 Å². The van der Waals surface area contributed by atoms with Gasteiger partial charge in [-0.1, -0.05) is 0 Å². The number of nitrogens with one attached hydrogen (secondary N) is 1. The molecule has 2 aromatic rings. The molecule has 1 aliphatic rings. The van der Waals surface area contributed by atoms with E-state index in [1.54, 1.807) is 24.3 Å². The molecule has 0 spiro atoms. The normalized spacial score (nSPS) is 17.7. The maximum absolute atomic E-state index is 12.8. The quantitative estimate of drug-likeness (QED) is 0.912. The lowest BCUT2D eigenvalue weighted by Gasteiger charge is -2.16. The molecule has 8 heteroatoms. The molecule has 3 rings (SSSR count). The van der Waals surface area contributed by atoms with Crippen LogP contribution in [0, 0.1) is 0 Å². The second kappa shape index (κ2) is 6.33. The fourth-order valence-electron chi connectivity index (χ4n) is 2.53. The van der Waals surface area contributed by atoms with Crippen LogP contribution in [0.15, 0.2) is 36.7 Å². The van der Waals surface area contributed by atoms with Crippen LogP contribution in [0.3, 0.4) is 0 Å². The Hall–Kier alpha value is -2.48. The second-order valence-corrected chi connectivity index (χ2v) is 5.33. The molecule has 1 aromatic heterocycles. The number of carbonyl (C=O) groups is 1. The number of aliphatic hydroxyl groups excluding tert-OH is 1. The number of aromatic nitrogens is 2. The molecule has 2 N–H and O–H groups in total. The van der Waals surface area contributed by atoms with E-state index in [0.29, 0.717) is 30.8 Å². The van der Waals surface area contributed by atoms with E-state index in [0.717, 1.165) is 4.57 Å². The highest BCUT2D eigenvalue weighted by molar-refractivity contribution is 5.89. The summed E-state index contributed by atoms with van der Waals surface area (Å²) in [6.07, 6.45) is 2.63. The topological polar surface area (TPSA) is 70.4 Å². The van der Waals surface area contributed by atoms with Crippen LogP contribution in [-0.2, 0) is 0 Å². The van der Waals surface area contributed by atoms with Gasteiger partial charge in [-0.25, -0.2) is 9.78 Å². The Morgan fingerprint density at radius 2 is 2.09 bits per heavy atom. The number of hydrogen-bond acceptors (Lipinski definition) is 3. The Bertz CT molecular complexity index is 687. The number of amides is 2. The van der Waals surface area contributed by atoms with Gasteiger partial charge in [0.1, 0.15) is 5.82 Å². The molecule has 0 aliphatic carbocycles. The first-order chi connectivity index (χ1) is 11.0. The van der Waals surface area contributed by atoms with E-state index in [2.05, 4.69) is 10.3 Å². The summed E-state index contributed by atoms with van der Waals surface area (Å²) in [5.74, 6) is 0.167. The third-order valence-electron chi connectivity index (χ3n) is 3.72. The van der Waals surface area contributed by atoms with Crippen molar-refractivity contribution < 1.29 is 18.7 Å². The molecule has 6 nitrogen and oxygen atoms in total. The van der Waals surface area contributed by atoms with Crippen molar-refractivity contribution in [1.29, 1.82) is 0 Å². The summed E-state index contributed by atoms with van der Waals surface area (Å²) >= 11 is 0. The maximum Gasteiger partial charge on any atom is 0.321 e. The van der Waals surface area contributed by atoms with Crippen LogP contribution in [0.4, 0.5) is 19.3 Å². The van der Waals surface area contributed by atoms with E-state index in [1.807, 2.05) is 0 Å². The number of likely N-dealkylation sites (tertiary alicyclic amines) is 1. The highest BCUT2D eigenvalue weighted by Gasteiger charge is 2.24. The van der Waals surface area contributed by atoms with Crippen LogP contribution >= 0.6 is 0 Å². The van der Waals surface area contributed by atoms with Crippen LogP contribution < -0.4 is 5.32 Å². The van der Waals surface area contributed by atoms with Crippen LogP contribution in [0.5, 0.6) is 0 Å². The van der Waals surface area contributed by atoms with Crippen molar-refractivity contribution in [3.05, 3.63) is 36.7 Å². The summed E-state index contributed by atoms with van der Waals surface area (Å²) in [5.41, 5.74) is 1.08. The monoisotopic (exact) mass is 322 g/mol. The van der Waals surface area contributed by atoms with Gasteiger partial charge in [-0.15, -0.1) is 0 Å². The van der Waals surface area contributed by atoms with E-state index in [-0.39, 0.29) is 11.9 Å². The first-order valence-corrected chi connectivity index (χ1v) is 7.20. The Labute approximate surface area is 131 Å². The predicted molar refractivity (Wildman–Crippen MR) is 80.1 cm³/mol. The summed E-state index contributed by atoms with van der Waals surface area (Å²) in [7, 11) is 0. The number of urea groups is 1. The molecule has 2 heterocycles. The SMILES string of the molecule is O=C(Nc1ccc(-c2nccn2C(F)F)cc1)N1CCC(O)C1. The van der Waals surface area contributed by atoms with Crippen molar-refractivity contribution in [2.75, 3.05) is 18.4 Å². The van der Waals surface area contributed by atoms with Crippen molar-refractivity contribution in [2.45, 2.75) is 19.1 Å². The number of alkyl halides is 2. The molecule has 0 radical (unpaired) electrons. The van der Waals surface area contributed by atoms with Gasteiger partial charge in [0.2, 0.25) is 0 Å². The Morgan fingerprint density at radius 1 is 1.35 bits per heavy atom. The van der Waals surface area contributed by atoms with E-state index >= 15 is 0 Å². The molecule has 1 aromatic carbocycles. The van der Waals surface area contributed by atoms with Crippen molar-refractivity contribution in [3.63, 3.8) is 0 Å². The number of nitrogens with zero attached hydrogens (tertiary/aromatic N) is 3. The molecule has 0 saturated carbocycles. The number of β-amino-alcohol motifs (C(OH)–C–C–N with tert-alkyl or cyclic N) is 1. The van der Waals surface area contributed by atoms with Crippen molar-refractivity contribution in [2.24, 2.45) is 0 Å². The molecule has 122 valence electrons. The number of carbonyl (C=O) groups excluding carboxylic acids is 1. The lowest BCUT2D eigenvalue weighted by atomic mass is 10.2. The largest absolute Gasteiger partial charge is 0.391 e. The van der Waals surface area contributed by atoms with Gasteiger partial charge >= 0.3 is 12.6 Å². The maximum atomic E-state index is 12.8. The van der Waals surface area contributed by atoms with E-state index in [1.165, 1.54) is 17.3 Å². The first-order valence-electron chi connectivity index (χ1n) is 7.20. The second-order valence-electron chi connectivity index (χ2n) is 5.33. The zero-order valence-electron chi connectivity index (χ0n) is 12.2. The average molecular weight is 322 g/mol. The van der Waals surface area contributed by atoms with Crippen molar-refractivity contribution in [1.82, 2.24) is 14.5 Å². The molecule has 1 saturated heterocycles. The van der Waals surface area contributed by atoms with Gasteiger partial charge in [0.25, 0.3) is 0 Å². The van der Waals surface area contributed by atoms with Crippen molar-refractivity contribution >= 4 is 11.7 Å². The summed E-state index contributed by atoms with van der Waals surface area (Å²) in [4.78, 5) is 17.5. The minimum absolute atomic E-state index is 0.167. The van der Waals surface area contributed by atoms with Gasteiger partial charge in [0.15, 0.2) is 0 Å². The fourth-order valence-corrected chi connectivity index (χ4v) is 2.53. The number of hydrogen-bond donors (Lipinski definition) is 2. The molecule has 1 unspecified atom stereocenters. The highest BCUT2D eigenvalue weighted by atomic mass is 19.3. The molecule has 1 fully saturated rings. The Balaban J connectivity index is 1.70. The van der Waals surface area contributed by atoms with Crippen LogP contribution in [-0.4, -0.2) is 44.8 Å². The number of rotatable bonds is 3. The van der Waals surface area contributed by atoms with E-state index in [9.17, 15) is 18.7 Å². The van der Waals surface area contributed by atoms with Crippen molar-refractivity contribution in [3.8, 4) is 11.4 Å². The van der Waals surface area contributed by atoms with Crippen LogP contribution in [0.25, 0.3) is 11.4 Å². The van der Waals surface area contributed by atoms with Gasteiger partial charge in [0, 0.05) is 36.7 Å². The molecule has 1 atom stereocenters. The molecule has 23 heavy (non-hydrogen) atoms. The predicted octanol–water partition coefficient (Wildman–Crippen LogP) is 2.54. The average Bonchev–Trinajstić information content (AvgIpc) is 3.17. The Kier molecular flexibility index (Phi) is 4.24. The van der Waals surface area contributed by atoms with Crippen LogP contribution in [0.1, 0.15) is 13.0 Å². The minimum atomic E-state index is -2.66. The highest BCUT2D eigenvalue weighted by Crippen LogP contribution is 2.24. The number of imidazole rings is 1. The molecule has 1 aliphatic heterocycles. The van der Waals surface area contributed by atoms with Gasteiger partial charge in [0.05, 0.1) is 6.10 Å². The summed E-state index contributed by atoms with van der Waals surface area (Å²) in [5, 5.41) is 12.2. The summed E-state index contributed by atoms with van der Waals surface area (Å²) < 4.78 is 26.5. The number of aliphatic hydroxyl groups is 1. The Morgan fingerprint density at radius 3 is 2.70 bits per heavy atom. The zero-order valence-corrected chi connectivity index (χ0v) is 12.2. The molecular weight excluding hydrogens is 306 g/mol. The molecular formula is C15H16F2N4O2. The first kappa shape index (κ1) is 15.4. The van der Waals surface area contributed by atoms with Gasteiger partial charge in [-0.05, 0) is 30.7 Å². The van der Waals surface area contributed by atoms with Gasteiger partial charge in [-0.3, -0.25) is 4.57 Å². The number of anilines is 1. The lowest BCUT2D eigenvalue weighted by molar-refractivity contribution is 0.0720. The van der Waals surface area contributed by atoms with Crippen LogP contribution in [0.2, 0.25) is 0 Å². The summed E-state index contributed by atoms with van der Waals surface area (Å²) in [6.45, 7) is -1.83. The third kappa shape index (κ3) is 3.31. The molecule has 2 amide bonds. The van der Waals surface area contributed by atoms with E-state index < -0.39 is 12.7 Å². The zero-order chi connectivity index (χ0) is 16.4. The lowest BCUT2D eigenvalue weighted by Crippen LogP contribution is -2.33. The molecule has 0 bridgehead atoms.